The van der Waals surface area contributed by atoms with E-state index in [1.807, 2.05) is 0 Å². The Morgan fingerprint density at radius 3 is 2.28 bits per heavy atom. The van der Waals surface area contributed by atoms with Crippen molar-refractivity contribution in [1.29, 1.82) is 0 Å². The first-order valence-corrected chi connectivity index (χ1v) is 7.84. The Balaban J connectivity index is 2.54. The first-order valence-electron chi connectivity index (χ1n) is 7.84. The van der Waals surface area contributed by atoms with Gasteiger partial charge in [0.15, 0.2) is 0 Å². The molecule has 106 valence electrons. The quantitative estimate of drug-likeness (QED) is 0.540. The maximum atomic E-state index is 4.22. The Kier molecular flexibility index (Phi) is 6.42. The lowest BCUT2D eigenvalue weighted by atomic mass is 9.82. The highest BCUT2D eigenvalue weighted by molar-refractivity contribution is 4.96. The highest BCUT2D eigenvalue weighted by Crippen LogP contribution is 2.33. The minimum absolute atomic E-state index is 0.249. The number of hydrogen-bond acceptors (Lipinski definition) is 1. The Morgan fingerprint density at radius 2 is 1.72 bits per heavy atom. The summed E-state index contributed by atoms with van der Waals surface area (Å²) in [4.78, 5) is 0. The predicted molar refractivity (Wildman–Crippen MR) is 81.9 cm³/mol. The Labute approximate surface area is 114 Å². The molecule has 18 heavy (non-hydrogen) atoms. The molecule has 0 aromatic heterocycles. The fourth-order valence-electron chi connectivity index (χ4n) is 2.95. The molecule has 0 saturated heterocycles. The summed E-state index contributed by atoms with van der Waals surface area (Å²) in [7, 11) is 0. The summed E-state index contributed by atoms with van der Waals surface area (Å²) in [5, 5.41) is 3.71. The minimum Gasteiger partial charge on any atom is -0.312 e. The number of rotatable bonds is 5. The first kappa shape index (κ1) is 15.8. The monoisotopic (exact) mass is 251 g/mol. The van der Waals surface area contributed by atoms with E-state index < -0.39 is 0 Å². The second kappa shape index (κ2) is 7.33. The highest BCUT2D eigenvalue weighted by Gasteiger charge is 2.25. The van der Waals surface area contributed by atoms with Crippen LogP contribution >= 0.6 is 0 Å². The van der Waals surface area contributed by atoms with Crippen LogP contribution in [0.1, 0.15) is 72.6 Å². The topological polar surface area (TPSA) is 12.0 Å². The molecular weight excluding hydrogens is 218 g/mol. The lowest BCUT2D eigenvalue weighted by Gasteiger charge is -2.30. The summed E-state index contributed by atoms with van der Waals surface area (Å²) in [5.41, 5.74) is 1.70. The van der Waals surface area contributed by atoms with Crippen LogP contribution in [0.25, 0.3) is 0 Å². The zero-order chi connectivity index (χ0) is 13.6. The van der Waals surface area contributed by atoms with Crippen LogP contribution in [-0.4, -0.2) is 12.1 Å². The molecule has 0 amide bonds. The van der Waals surface area contributed by atoms with Crippen LogP contribution in [0.4, 0.5) is 0 Å². The van der Waals surface area contributed by atoms with Gasteiger partial charge in [-0.2, -0.15) is 0 Å². The largest absolute Gasteiger partial charge is 0.312 e. The van der Waals surface area contributed by atoms with E-state index in [1.54, 1.807) is 0 Å². The second-order valence-corrected chi connectivity index (χ2v) is 7.10. The van der Waals surface area contributed by atoms with Crippen LogP contribution in [0.15, 0.2) is 12.2 Å². The fourth-order valence-corrected chi connectivity index (χ4v) is 2.95. The van der Waals surface area contributed by atoms with Crippen LogP contribution in [0, 0.1) is 11.8 Å². The molecule has 0 aromatic carbocycles. The Morgan fingerprint density at radius 1 is 1.11 bits per heavy atom. The van der Waals surface area contributed by atoms with Crippen LogP contribution in [0.5, 0.6) is 0 Å². The van der Waals surface area contributed by atoms with Gasteiger partial charge in [0.2, 0.25) is 0 Å². The molecule has 0 radical (unpaired) electrons. The Bertz CT molecular complexity index is 249. The van der Waals surface area contributed by atoms with Gasteiger partial charge in [0, 0.05) is 5.54 Å². The van der Waals surface area contributed by atoms with E-state index in [0.29, 0.717) is 0 Å². The maximum Gasteiger partial charge on any atom is 0.00966 e. The first-order chi connectivity index (χ1) is 8.42. The SMILES string of the molecule is C=C(CC)CC1CCCCCC1CNC(C)(C)C. The summed E-state index contributed by atoms with van der Waals surface area (Å²) in [5.74, 6) is 1.73. The van der Waals surface area contributed by atoms with Crippen molar-refractivity contribution in [1.82, 2.24) is 5.32 Å². The standard InChI is InChI=1S/C17H33N/c1-6-14(2)12-15-10-8-7-9-11-16(15)13-18-17(3,4)5/h15-16,18H,2,6-13H2,1,3-5H3. The summed E-state index contributed by atoms with van der Waals surface area (Å²) in [6.45, 7) is 14.4. The molecule has 1 aliphatic rings. The molecule has 1 heteroatoms. The molecule has 1 saturated carbocycles. The normalized spacial score (nSPS) is 25.8. The highest BCUT2D eigenvalue weighted by atomic mass is 14.9. The van der Waals surface area contributed by atoms with Crippen LogP contribution in [0.3, 0.4) is 0 Å². The average Bonchev–Trinajstić information content (AvgIpc) is 2.50. The van der Waals surface area contributed by atoms with Crippen LogP contribution in [0.2, 0.25) is 0 Å². The second-order valence-electron chi connectivity index (χ2n) is 7.10. The van der Waals surface area contributed by atoms with Crippen molar-refractivity contribution in [2.24, 2.45) is 11.8 Å². The molecule has 1 aliphatic carbocycles. The minimum atomic E-state index is 0.249. The molecule has 0 bridgehead atoms. The average molecular weight is 251 g/mol. The summed E-state index contributed by atoms with van der Waals surface area (Å²) < 4.78 is 0. The van der Waals surface area contributed by atoms with Crippen molar-refractivity contribution in [3.8, 4) is 0 Å². The molecule has 0 spiro atoms. The summed E-state index contributed by atoms with van der Waals surface area (Å²) in [6.07, 6.45) is 9.50. The van der Waals surface area contributed by atoms with E-state index in [4.69, 9.17) is 0 Å². The molecule has 1 fully saturated rings. The van der Waals surface area contributed by atoms with Crippen molar-refractivity contribution < 1.29 is 0 Å². The van der Waals surface area contributed by atoms with E-state index in [-0.39, 0.29) is 5.54 Å². The van der Waals surface area contributed by atoms with Crippen molar-refractivity contribution in [2.75, 3.05) is 6.54 Å². The molecule has 2 unspecified atom stereocenters. The van der Waals surface area contributed by atoms with Crippen molar-refractivity contribution in [2.45, 2.75) is 78.2 Å². The van der Waals surface area contributed by atoms with Gasteiger partial charge in [-0.15, -0.1) is 0 Å². The van der Waals surface area contributed by atoms with E-state index in [0.717, 1.165) is 18.3 Å². The van der Waals surface area contributed by atoms with Gasteiger partial charge in [-0.25, -0.2) is 0 Å². The zero-order valence-corrected chi connectivity index (χ0v) is 13.0. The number of hydrogen-bond donors (Lipinski definition) is 1. The van der Waals surface area contributed by atoms with E-state index >= 15 is 0 Å². The third kappa shape index (κ3) is 6.04. The predicted octanol–water partition coefficient (Wildman–Crippen LogP) is 4.93. The van der Waals surface area contributed by atoms with Gasteiger partial charge in [0.05, 0.1) is 0 Å². The summed E-state index contributed by atoms with van der Waals surface area (Å²) >= 11 is 0. The van der Waals surface area contributed by atoms with Gasteiger partial charge < -0.3 is 5.32 Å². The third-order valence-corrected chi connectivity index (χ3v) is 4.26. The van der Waals surface area contributed by atoms with Gasteiger partial charge >= 0.3 is 0 Å². The molecule has 1 rings (SSSR count). The van der Waals surface area contributed by atoms with Gasteiger partial charge in [0.1, 0.15) is 0 Å². The molecule has 2 atom stereocenters. The van der Waals surface area contributed by atoms with Crippen molar-refractivity contribution >= 4 is 0 Å². The maximum absolute atomic E-state index is 4.22. The van der Waals surface area contributed by atoms with Gasteiger partial charge in [-0.3, -0.25) is 0 Å². The van der Waals surface area contributed by atoms with Crippen molar-refractivity contribution in [3.63, 3.8) is 0 Å². The van der Waals surface area contributed by atoms with Crippen LogP contribution < -0.4 is 5.32 Å². The number of allylic oxidation sites excluding steroid dienone is 1. The fraction of sp³-hybridized carbons (Fsp3) is 0.882. The molecule has 0 aromatic rings. The van der Waals surface area contributed by atoms with E-state index in [9.17, 15) is 0 Å². The number of nitrogens with one attached hydrogen (secondary N) is 1. The molecule has 0 aliphatic heterocycles. The molecule has 1 N–H and O–H groups in total. The molecule has 1 nitrogen and oxygen atoms in total. The Hall–Kier alpha value is -0.300. The smallest absolute Gasteiger partial charge is 0.00966 e. The van der Waals surface area contributed by atoms with E-state index in [1.165, 1.54) is 50.6 Å². The zero-order valence-electron chi connectivity index (χ0n) is 13.0. The van der Waals surface area contributed by atoms with E-state index in [2.05, 4.69) is 39.6 Å². The molecule has 0 heterocycles. The molecular formula is C17H33N. The lowest BCUT2D eigenvalue weighted by molar-refractivity contribution is 0.268. The van der Waals surface area contributed by atoms with Gasteiger partial charge in [-0.05, 0) is 64.8 Å². The van der Waals surface area contributed by atoms with Crippen LogP contribution in [-0.2, 0) is 0 Å². The third-order valence-electron chi connectivity index (χ3n) is 4.26. The van der Waals surface area contributed by atoms with Gasteiger partial charge in [0.25, 0.3) is 0 Å². The van der Waals surface area contributed by atoms with Gasteiger partial charge in [-0.1, -0.05) is 38.3 Å². The lowest BCUT2D eigenvalue weighted by Crippen LogP contribution is -2.40. The summed E-state index contributed by atoms with van der Waals surface area (Å²) in [6, 6.07) is 0. The van der Waals surface area contributed by atoms with Crippen molar-refractivity contribution in [3.05, 3.63) is 12.2 Å².